The van der Waals surface area contributed by atoms with Gasteiger partial charge in [-0.1, -0.05) is 17.3 Å². The SMILES string of the molecule is Cc1noc(C)c1COc1ccccc1C(=O)NC1CCCc2occc21. The Morgan fingerprint density at radius 1 is 1.30 bits per heavy atom. The van der Waals surface area contributed by atoms with Crippen molar-refractivity contribution in [3.8, 4) is 5.75 Å². The predicted molar refractivity (Wildman–Crippen MR) is 98.6 cm³/mol. The van der Waals surface area contributed by atoms with Gasteiger partial charge in [-0.25, -0.2) is 0 Å². The molecule has 2 heterocycles. The van der Waals surface area contributed by atoms with Crippen molar-refractivity contribution in [3.05, 3.63) is 70.5 Å². The van der Waals surface area contributed by atoms with Crippen LogP contribution in [0, 0.1) is 13.8 Å². The van der Waals surface area contributed by atoms with Gasteiger partial charge in [-0.2, -0.15) is 0 Å². The number of hydrogen-bond acceptors (Lipinski definition) is 5. The molecule has 0 radical (unpaired) electrons. The average molecular weight is 366 g/mol. The number of hydrogen-bond donors (Lipinski definition) is 1. The minimum Gasteiger partial charge on any atom is -0.488 e. The predicted octanol–water partition coefficient (Wildman–Crippen LogP) is 4.27. The summed E-state index contributed by atoms with van der Waals surface area (Å²) >= 11 is 0. The number of benzene rings is 1. The molecule has 0 saturated carbocycles. The highest BCUT2D eigenvalue weighted by atomic mass is 16.5. The lowest BCUT2D eigenvalue weighted by Crippen LogP contribution is -2.30. The molecular formula is C21H22N2O4. The second-order valence-corrected chi connectivity index (χ2v) is 6.80. The lowest BCUT2D eigenvalue weighted by Gasteiger charge is -2.23. The third kappa shape index (κ3) is 3.47. The van der Waals surface area contributed by atoms with Crippen LogP contribution in [0.4, 0.5) is 0 Å². The monoisotopic (exact) mass is 366 g/mol. The van der Waals surface area contributed by atoms with E-state index in [-0.39, 0.29) is 11.9 Å². The van der Waals surface area contributed by atoms with E-state index in [0.29, 0.717) is 17.9 Å². The second-order valence-electron chi connectivity index (χ2n) is 6.80. The molecule has 6 heteroatoms. The summed E-state index contributed by atoms with van der Waals surface area (Å²) in [5, 5.41) is 7.06. The van der Waals surface area contributed by atoms with Crippen LogP contribution in [0.1, 0.15) is 57.6 Å². The van der Waals surface area contributed by atoms with Crippen LogP contribution in [0.2, 0.25) is 0 Å². The number of carbonyl (C=O) groups excluding carboxylic acids is 1. The molecule has 4 rings (SSSR count). The lowest BCUT2D eigenvalue weighted by atomic mass is 9.93. The Hall–Kier alpha value is -3.02. The quantitative estimate of drug-likeness (QED) is 0.729. The smallest absolute Gasteiger partial charge is 0.255 e. The molecule has 1 aliphatic carbocycles. The number of fused-ring (bicyclic) bond motifs is 1. The number of aromatic nitrogens is 1. The van der Waals surface area contributed by atoms with Crippen molar-refractivity contribution in [2.45, 2.75) is 45.8 Å². The Labute approximate surface area is 157 Å². The van der Waals surface area contributed by atoms with E-state index in [1.807, 2.05) is 32.0 Å². The number of rotatable bonds is 5. The molecule has 1 unspecified atom stereocenters. The van der Waals surface area contributed by atoms with Crippen molar-refractivity contribution in [1.29, 1.82) is 0 Å². The van der Waals surface area contributed by atoms with Gasteiger partial charge in [0.2, 0.25) is 0 Å². The van der Waals surface area contributed by atoms with Gasteiger partial charge in [0.25, 0.3) is 5.91 Å². The number of carbonyl (C=O) groups is 1. The first-order valence-corrected chi connectivity index (χ1v) is 9.14. The number of para-hydroxylation sites is 1. The van der Waals surface area contributed by atoms with Gasteiger partial charge in [0.05, 0.1) is 29.1 Å². The van der Waals surface area contributed by atoms with Gasteiger partial charge < -0.3 is 19.0 Å². The van der Waals surface area contributed by atoms with E-state index in [0.717, 1.165) is 47.6 Å². The summed E-state index contributed by atoms with van der Waals surface area (Å²) in [5.74, 6) is 2.08. The molecular weight excluding hydrogens is 344 g/mol. The van der Waals surface area contributed by atoms with Crippen molar-refractivity contribution in [2.24, 2.45) is 0 Å². The first-order chi connectivity index (χ1) is 13.1. The van der Waals surface area contributed by atoms with Crippen LogP contribution in [0.15, 0.2) is 45.5 Å². The van der Waals surface area contributed by atoms with Gasteiger partial charge in [-0.15, -0.1) is 0 Å². The van der Waals surface area contributed by atoms with E-state index in [1.165, 1.54) is 0 Å². The zero-order valence-electron chi connectivity index (χ0n) is 15.5. The standard InChI is InChI=1S/C21H22N2O4/c1-13-17(14(2)27-23-13)12-26-20-8-4-3-6-16(20)21(24)22-18-7-5-9-19-15(18)10-11-25-19/h3-4,6,8,10-11,18H,5,7,9,12H2,1-2H3,(H,22,24). The topological polar surface area (TPSA) is 77.5 Å². The Kier molecular flexibility index (Phi) is 4.71. The number of nitrogens with zero attached hydrogens (tertiary/aromatic N) is 1. The van der Waals surface area contributed by atoms with Gasteiger partial charge in [0, 0.05) is 12.0 Å². The van der Waals surface area contributed by atoms with Crippen LogP contribution >= 0.6 is 0 Å². The Morgan fingerprint density at radius 2 is 2.15 bits per heavy atom. The molecule has 0 aliphatic heterocycles. The summed E-state index contributed by atoms with van der Waals surface area (Å²) < 4.78 is 16.6. The highest BCUT2D eigenvalue weighted by Gasteiger charge is 2.25. The van der Waals surface area contributed by atoms with Crippen molar-refractivity contribution >= 4 is 5.91 Å². The van der Waals surface area contributed by atoms with E-state index >= 15 is 0 Å². The molecule has 1 aromatic carbocycles. The summed E-state index contributed by atoms with van der Waals surface area (Å²) in [7, 11) is 0. The van der Waals surface area contributed by atoms with Crippen molar-refractivity contribution in [1.82, 2.24) is 10.5 Å². The molecule has 140 valence electrons. The molecule has 0 spiro atoms. The molecule has 27 heavy (non-hydrogen) atoms. The van der Waals surface area contributed by atoms with E-state index in [2.05, 4.69) is 10.5 Å². The summed E-state index contributed by atoms with van der Waals surface area (Å²) in [6.07, 6.45) is 4.51. The van der Waals surface area contributed by atoms with Crippen LogP contribution in [0.5, 0.6) is 5.75 Å². The molecule has 0 bridgehead atoms. The number of nitrogens with one attached hydrogen (secondary N) is 1. The second kappa shape index (κ2) is 7.31. The molecule has 0 fully saturated rings. The zero-order chi connectivity index (χ0) is 18.8. The summed E-state index contributed by atoms with van der Waals surface area (Å²) in [6.45, 7) is 4.03. The van der Waals surface area contributed by atoms with Gasteiger partial charge in [-0.3, -0.25) is 4.79 Å². The fraction of sp³-hybridized carbons (Fsp3) is 0.333. The van der Waals surface area contributed by atoms with Crippen molar-refractivity contribution < 1.29 is 18.5 Å². The number of ether oxygens (including phenoxy) is 1. The lowest BCUT2D eigenvalue weighted by molar-refractivity contribution is 0.0927. The molecule has 1 atom stereocenters. The van der Waals surface area contributed by atoms with Crippen LogP contribution in [0.25, 0.3) is 0 Å². The van der Waals surface area contributed by atoms with Gasteiger partial charge >= 0.3 is 0 Å². The van der Waals surface area contributed by atoms with E-state index in [1.54, 1.807) is 18.4 Å². The minimum absolute atomic E-state index is 0.0318. The molecule has 3 aromatic rings. The first-order valence-electron chi connectivity index (χ1n) is 9.14. The van der Waals surface area contributed by atoms with Crippen molar-refractivity contribution in [3.63, 3.8) is 0 Å². The zero-order valence-corrected chi connectivity index (χ0v) is 15.5. The van der Waals surface area contributed by atoms with Crippen LogP contribution < -0.4 is 10.1 Å². The van der Waals surface area contributed by atoms with Crippen LogP contribution in [0.3, 0.4) is 0 Å². The van der Waals surface area contributed by atoms with Gasteiger partial charge in [0.15, 0.2) is 0 Å². The largest absolute Gasteiger partial charge is 0.488 e. The Bertz CT molecular complexity index is 937. The fourth-order valence-corrected chi connectivity index (χ4v) is 3.51. The van der Waals surface area contributed by atoms with Gasteiger partial charge in [-0.05, 0) is 44.9 Å². The molecule has 6 nitrogen and oxygen atoms in total. The van der Waals surface area contributed by atoms with Crippen molar-refractivity contribution in [2.75, 3.05) is 0 Å². The number of furan rings is 1. The maximum atomic E-state index is 12.9. The highest BCUT2D eigenvalue weighted by Crippen LogP contribution is 2.31. The highest BCUT2D eigenvalue weighted by molar-refractivity contribution is 5.97. The minimum atomic E-state index is -0.150. The number of amides is 1. The molecule has 0 saturated heterocycles. The normalized spacial score (nSPS) is 16.0. The number of aryl methyl sites for hydroxylation is 3. The summed E-state index contributed by atoms with van der Waals surface area (Å²) in [5.41, 5.74) is 3.29. The first kappa shape index (κ1) is 17.4. The van der Waals surface area contributed by atoms with E-state index in [4.69, 9.17) is 13.7 Å². The molecule has 1 N–H and O–H groups in total. The Morgan fingerprint density at radius 3 is 2.96 bits per heavy atom. The van der Waals surface area contributed by atoms with Crippen LogP contribution in [-0.4, -0.2) is 11.1 Å². The van der Waals surface area contributed by atoms with E-state index < -0.39 is 0 Å². The maximum Gasteiger partial charge on any atom is 0.255 e. The summed E-state index contributed by atoms with van der Waals surface area (Å²) in [6, 6.07) is 9.18. The van der Waals surface area contributed by atoms with Crippen LogP contribution in [-0.2, 0) is 13.0 Å². The third-order valence-electron chi connectivity index (χ3n) is 5.04. The molecule has 1 aliphatic rings. The maximum absolute atomic E-state index is 12.9. The van der Waals surface area contributed by atoms with E-state index in [9.17, 15) is 4.79 Å². The fourth-order valence-electron chi connectivity index (χ4n) is 3.51. The Balaban J connectivity index is 1.50. The third-order valence-corrected chi connectivity index (χ3v) is 5.04. The molecule has 1 amide bonds. The average Bonchev–Trinajstić information content (AvgIpc) is 3.28. The summed E-state index contributed by atoms with van der Waals surface area (Å²) in [4.78, 5) is 12.9. The van der Waals surface area contributed by atoms with Gasteiger partial charge in [0.1, 0.15) is 23.9 Å². The molecule has 2 aromatic heterocycles.